The number of hydrogen-bond acceptors (Lipinski definition) is 5. The smallest absolute Gasteiger partial charge is 0.289 e. The van der Waals surface area contributed by atoms with Crippen LogP contribution in [-0.2, 0) is 11.2 Å². The molecule has 25 heavy (non-hydrogen) atoms. The van der Waals surface area contributed by atoms with Gasteiger partial charge in [0.25, 0.3) is 5.91 Å². The summed E-state index contributed by atoms with van der Waals surface area (Å²) in [6, 6.07) is 3.36. The summed E-state index contributed by atoms with van der Waals surface area (Å²) in [4.78, 5) is 30.7. The van der Waals surface area contributed by atoms with Crippen molar-refractivity contribution in [2.45, 2.75) is 26.2 Å². The summed E-state index contributed by atoms with van der Waals surface area (Å²) >= 11 is 4.82. The second kappa shape index (κ2) is 8.14. The van der Waals surface area contributed by atoms with Gasteiger partial charge in [0.2, 0.25) is 5.91 Å². The molecule has 6 nitrogen and oxygen atoms in total. The van der Waals surface area contributed by atoms with Crippen molar-refractivity contribution in [3.8, 4) is 0 Å². The van der Waals surface area contributed by atoms with Gasteiger partial charge in [-0.3, -0.25) is 9.59 Å². The number of hydrogen-bond donors (Lipinski definition) is 1. The fourth-order valence-corrected chi connectivity index (χ4v) is 3.86. The third kappa shape index (κ3) is 4.70. The minimum absolute atomic E-state index is 0.0374. The third-order valence-electron chi connectivity index (χ3n) is 4.28. The Bertz CT molecular complexity index is 750. The van der Waals surface area contributed by atoms with Crippen LogP contribution in [0, 0.1) is 12.8 Å². The number of nitrogens with zero attached hydrogens (tertiary/aromatic N) is 2. The Morgan fingerprint density at radius 2 is 2.16 bits per heavy atom. The van der Waals surface area contributed by atoms with Crippen LogP contribution in [0.15, 0.2) is 26.6 Å². The monoisotopic (exact) mass is 425 g/mol. The lowest BCUT2D eigenvalue weighted by Crippen LogP contribution is -2.43. The Kier molecular flexibility index (Phi) is 5.90. The van der Waals surface area contributed by atoms with Gasteiger partial charge in [0, 0.05) is 37.4 Å². The van der Waals surface area contributed by atoms with E-state index in [0.717, 1.165) is 17.1 Å². The van der Waals surface area contributed by atoms with Crippen LogP contribution in [0.5, 0.6) is 0 Å². The van der Waals surface area contributed by atoms with Crippen LogP contribution in [0.3, 0.4) is 0 Å². The van der Waals surface area contributed by atoms with Crippen molar-refractivity contribution in [1.82, 2.24) is 15.2 Å². The topological polar surface area (TPSA) is 75.4 Å². The maximum absolute atomic E-state index is 12.3. The lowest BCUT2D eigenvalue weighted by molar-refractivity contribution is -0.126. The number of nitrogens with one attached hydrogen (secondary N) is 1. The van der Waals surface area contributed by atoms with Gasteiger partial charge in [-0.05, 0) is 47.8 Å². The van der Waals surface area contributed by atoms with Gasteiger partial charge in [-0.2, -0.15) is 0 Å². The van der Waals surface area contributed by atoms with E-state index in [9.17, 15) is 9.59 Å². The van der Waals surface area contributed by atoms with Gasteiger partial charge in [-0.25, -0.2) is 4.98 Å². The molecule has 134 valence electrons. The Morgan fingerprint density at radius 3 is 2.76 bits per heavy atom. The molecule has 0 saturated carbocycles. The zero-order valence-corrected chi connectivity index (χ0v) is 16.4. The molecule has 3 heterocycles. The number of likely N-dealkylation sites (tertiary alicyclic amines) is 1. The van der Waals surface area contributed by atoms with Crippen LogP contribution >= 0.6 is 27.3 Å². The van der Waals surface area contributed by atoms with Gasteiger partial charge in [-0.15, -0.1) is 11.3 Å². The molecule has 0 aliphatic carbocycles. The second-order valence-electron chi connectivity index (χ2n) is 6.07. The van der Waals surface area contributed by atoms with Gasteiger partial charge in [-0.1, -0.05) is 0 Å². The van der Waals surface area contributed by atoms with Gasteiger partial charge in [0.1, 0.15) is 0 Å². The van der Waals surface area contributed by atoms with Crippen molar-refractivity contribution in [3.63, 3.8) is 0 Å². The molecule has 2 aromatic rings. The lowest BCUT2D eigenvalue weighted by atomic mass is 9.95. The average Bonchev–Trinajstić information content (AvgIpc) is 3.22. The van der Waals surface area contributed by atoms with Crippen LogP contribution in [0.1, 0.15) is 34.1 Å². The van der Waals surface area contributed by atoms with Gasteiger partial charge in [0.05, 0.1) is 10.7 Å². The predicted molar refractivity (Wildman–Crippen MR) is 98.6 cm³/mol. The van der Waals surface area contributed by atoms with Crippen molar-refractivity contribution < 1.29 is 14.0 Å². The zero-order valence-electron chi connectivity index (χ0n) is 14.0. The molecule has 0 bridgehead atoms. The lowest BCUT2D eigenvalue weighted by Gasteiger charge is -2.30. The molecule has 2 aromatic heterocycles. The quantitative estimate of drug-likeness (QED) is 0.798. The maximum Gasteiger partial charge on any atom is 0.289 e. The summed E-state index contributed by atoms with van der Waals surface area (Å²) in [6.45, 7) is 3.71. The van der Waals surface area contributed by atoms with E-state index in [2.05, 4.69) is 26.2 Å². The molecule has 1 aliphatic rings. The molecule has 0 radical (unpaired) electrons. The number of rotatable bonds is 5. The van der Waals surface area contributed by atoms with Crippen LogP contribution in [-0.4, -0.2) is 41.3 Å². The fraction of sp³-hybridized carbons (Fsp3) is 0.471. The molecule has 0 spiro atoms. The normalized spacial score (nSPS) is 15.4. The molecular formula is C17H20BrN3O3S. The number of aromatic nitrogens is 1. The summed E-state index contributed by atoms with van der Waals surface area (Å²) in [5.41, 5.74) is 1.02. The molecule has 0 aromatic carbocycles. The molecule has 2 amide bonds. The van der Waals surface area contributed by atoms with E-state index in [1.807, 2.05) is 12.3 Å². The standard InChI is InChI=1S/C17H20BrN3O3S/c1-11-20-13(10-25-11)4-7-19-16(22)12-5-8-21(9-6-12)17(23)14-2-3-15(18)24-14/h2-3,10,12H,4-9H2,1H3,(H,19,22). The number of thiazole rings is 1. The molecular weight excluding hydrogens is 406 g/mol. The number of piperidine rings is 1. The first kappa shape index (κ1) is 18.1. The highest BCUT2D eigenvalue weighted by Crippen LogP contribution is 2.21. The van der Waals surface area contributed by atoms with Crippen molar-refractivity contribution in [3.05, 3.63) is 38.6 Å². The molecule has 1 saturated heterocycles. The second-order valence-corrected chi connectivity index (χ2v) is 7.91. The Morgan fingerprint density at radius 1 is 1.40 bits per heavy atom. The molecule has 1 N–H and O–H groups in total. The molecule has 0 atom stereocenters. The van der Waals surface area contributed by atoms with E-state index in [0.29, 0.717) is 42.9 Å². The van der Waals surface area contributed by atoms with Gasteiger partial charge >= 0.3 is 0 Å². The SMILES string of the molecule is Cc1nc(CCNC(=O)C2CCN(C(=O)c3ccc(Br)o3)CC2)cs1. The Hall–Kier alpha value is -1.67. The number of amides is 2. The minimum atomic E-state index is -0.122. The van der Waals surface area contributed by atoms with E-state index < -0.39 is 0 Å². The van der Waals surface area contributed by atoms with Gasteiger partial charge < -0.3 is 14.6 Å². The Labute approximate surface area is 158 Å². The van der Waals surface area contributed by atoms with Crippen LogP contribution in [0.25, 0.3) is 0 Å². The number of furan rings is 1. The van der Waals surface area contributed by atoms with Crippen LogP contribution < -0.4 is 5.32 Å². The summed E-state index contributed by atoms with van der Waals surface area (Å²) in [7, 11) is 0. The highest BCUT2D eigenvalue weighted by atomic mass is 79.9. The third-order valence-corrected chi connectivity index (χ3v) is 5.53. The van der Waals surface area contributed by atoms with Crippen LogP contribution in [0.4, 0.5) is 0 Å². The van der Waals surface area contributed by atoms with Crippen molar-refractivity contribution in [2.75, 3.05) is 19.6 Å². The first-order chi connectivity index (χ1) is 12.0. The van der Waals surface area contributed by atoms with E-state index in [1.165, 1.54) is 0 Å². The number of aryl methyl sites for hydroxylation is 1. The predicted octanol–water partition coefficient (Wildman–Crippen LogP) is 3.02. The summed E-state index contributed by atoms with van der Waals surface area (Å²) in [5, 5.41) is 6.06. The van der Waals surface area contributed by atoms with E-state index in [4.69, 9.17) is 4.42 Å². The Balaban J connectivity index is 1.42. The van der Waals surface area contributed by atoms with Crippen molar-refractivity contribution in [1.29, 1.82) is 0 Å². The molecule has 3 rings (SSSR count). The highest BCUT2D eigenvalue weighted by Gasteiger charge is 2.28. The summed E-state index contributed by atoms with van der Waals surface area (Å²) in [5.74, 6) is 0.237. The van der Waals surface area contributed by atoms with Gasteiger partial charge in [0.15, 0.2) is 10.4 Å². The number of carbonyl (C=O) groups excluding carboxylic acids is 2. The van der Waals surface area contributed by atoms with E-state index in [1.54, 1.807) is 28.4 Å². The largest absolute Gasteiger partial charge is 0.444 e. The van der Waals surface area contributed by atoms with Crippen LogP contribution in [0.2, 0.25) is 0 Å². The average molecular weight is 426 g/mol. The fourth-order valence-electron chi connectivity index (χ4n) is 2.91. The first-order valence-corrected chi connectivity index (χ1v) is 9.93. The van der Waals surface area contributed by atoms with E-state index >= 15 is 0 Å². The maximum atomic E-state index is 12.3. The highest BCUT2D eigenvalue weighted by molar-refractivity contribution is 9.10. The molecule has 8 heteroatoms. The van der Waals surface area contributed by atoms with Crippen molar-refractivity contribution >= 4 is 39.1 Å². The number of halogens is 1. The number of carbonyl (C=O) groups is 2. The van der Waals surface area contributed by atoms with E-state index in [-0.39, 0.29) is 17.7 Å². The molecule has 0 unspecified atom stereocenters. The summed E-state index contributed by atoms with van der Waals surface area (Å²) in [6.07, 6.45) is 2.10. The first-order valence-electron chi connectivity index (χ1n) is 8.26. The summed E-state index contributed by atoms with van der Waals surface area (Å²) < 4.78 is 5.85. The van der Waals surface area contributed by atoms with Crippen molar-refractivity contribution in [2.24, 2.45) is 5.92 Å². The molecule has 1 aliphatic heterocycles. The minimum Gasteiger partial charge on any atom is -0.444 e. The zero-order chi connectivity index (χ0) is 17.8. The molecule has 1 fully saturated rings.